The lowest BCUT2D eigenvalue weighted by Crippen LogP contribution is -2.22. The quantitative estimate of drug-likeness (QED) is 0.628. The first-order valence-electron chi connectivity index (χ1n) is 6.58. The van der Waals surface area contributed by atoms with Crippen molar-refractivity contribution in [2.75, 3.05) is 6.54 Å². The Labute approximate surface area is 114 Å². The van der Waals surface area contributed by atoms with Crippen LogP contribution < -0.4 is 5.32 Å². The van der Waals surface area contributed by atoms with E-state index >= 15 is 0 Å². The average molecular weight is 256 g/mol. The van der Waals surface area contributed by atoms with Crippen molar-refractivity contribution in [2.45, 2.75) is 26.7 Å². The molecule has 1 rings (SSSR count). The number of hydrogen-bond donors (Lipinski definition) is 1. The van der Waals surface area contributed by atoms with Gasteiger partial charge >= 0.3 is 0 Å². The molecule has 0 unspecified atom stereocenters. The molecular formula is C16H20N2O. The molecule has 3 nitrogen and oxygen atoms in total. The van der Waals surface area contributed by atoms with Gasteiger partial charge in [0.15, 0.2) is 0 Å². The topological polar surface area (TPSA) is 52.9 Å². The second-order valence-corrected chi connectivity index (χ2v) is 4.89. The summed E-state index contributed by atoms with van der Waals surface area (Å²) in [7, 11) is 0. The van der Waals surface area contributed by atoms with Gasteiger partial charge in [0.05, 0.1) is 11.6 Å². The number of nitrogens with zero attached hydrogens (tertiary/aromatic N) is 1. The molecule has 0 aliphatic heterocycles. The Morgan fingerprint density at radius 2 is 2.05 bits per heavy atom. The molecule has 0 saturated heterocycles. The number of hydrogen-bond acceptors (Lipinski definition) is 2. The fourth-order valence-corrected chi connectivity index (χ4v) is 1.62. The van der Waals surface area contributed by atoms with E-state index in [1.165, 1.54) is 6.08 Å². The maximum atomic E-state index is 11.5. The van der Waals surface area contributed by atoms with Gasteiger partial charge in [-0.3, -0.25) is 4.79 Å². The van der Waals surface area contributed by atoms with Crippen LogP contribution in [0, 0.1) is 17.2 Å². The molecule has 1 N–H and O–H groups in total. The Bertz CT molecular complexity index is 467. The summed E-state index contributed by atoms with van der Waals surface area (Å²) in [6.45, 7) is 5.06. The van der Waals surface area contributed by atoms with Crippen molar-refractivity contribution in [1.82, 2.24) is 5.32 Å². The molecule has 0 heterocycles. The van der Waals surface area contributed by atoms with Crippen molar-refractivity contribution < 1.29 is 4.79 Å². The minimum Gasteiger partial charge on any atom is -0.353 e. The predicted octanol–water partition coefficient (Wildman–Crippen LogP) is 3.12. The Balaban J connectivity index is 2.34. The summed E-state index contributed by atoms with van der Waals surface area (Å²) in [5, 5.41) is 11.5. The monoisotopic (exact) mass is 256 g/mol. The second kappa shape index (κ2) is 8.10. The van der Waals surface area contributed by atoms with Crippen LogP contribution >= 0.6 is 0 Å². The molecule has 0 atom stereocenters. The van der Waals surface area contributed by atoms with Crippen LogP contribution in [-0.2, 0) is 4.79 Å². The number of nitriles is 1. The van der Waals surface area contributed by atoms with Gasteiger partial charge in [0.1, 0.15) is 0 Å². The van der Waals surface area contributed by atoms with Crippen LogP contribution in [0.5, 0.6) is 0 Å². The molecule has 1 aromatic carbocycles. The first kappa shape index (κ1) is 15.0. The maximum absolute atomic E-state index is 11.5. The Hall–Kier alpha value is -2.08. The lowest BCUT2D eigenvalue weighted by molar-refractivity contribution is -0.116. The van der Waals surface area contributed by atoms with E-state index in [0.29, 0.717) is 18.0 Å². The normalized spacial score (nSPS) is 10.6. The van der Waals surface area contributed by atoms with Crippen molar-refractivity contribution in [3.05, 3.63) is 41.5 Å². The molecule has 0 radical (unpaired) electrons. The van der Waals surface area contributed by atoms with Crippen LogP contribution in [0.15, 0.2) is 30.3 Å². The largest absolute Gasteiger partial charge is 0.353 e. The molecule has 0 saturated carbocycles. The summed E-state index contributed by atoms with van der Waals surface area (Å²) in [4.78, 5) is 11.5. The SMILES string of the molecule is CC(C)CCCNC(=O)C=Cc1ccc(C#N)cc1. The van der Waals surface area contributed by atoms with Gasteiger partial charge in [-0.25, -0.2) is 0 Å². The Morgan fingerprint density at radius 1 is 1.37 bits per heavy atom. The molecule has 0 bridgehead atoms. The summed E-state index contributed by atoms with van der Waals surface area (Å²) >= 11 is 0. The molecule has 19 heavy (non-hydrogen) atoms. The Kier molecular flexibility index (Phi) is 6.38. The predicted molar refractivity (Wildman–Crippen MR) is 77.3 cm³/mol. The lowest BCUT2D eigenvalue weighted by Gasteiger charge is -2.04. The van der Waals surface area contributed by atoms with Crippen molar-refractivity contribution in [2.24, 2.45) is 5.92 Å². The van der Waals surface area contributed by atoms with Gasteiger partial charge in [0, 0.05) is 12.6 Å². The molecule has 1 amide bonds. The zero-order chi connectivity index (χ0) is 14.1. The molecule has 0 fully saturated rings. The van der Waals surface area contributed by atoms with Gasteiger partial charge < -0.3 is 5.32 Å². The van der Waals surface area contributed by atoms with Gasteiger partial charge in [-0.2, -0.15) is 5.26 Å². The fraction of sp³-hybridized carbons (Fsp3) is 0.375. The molecule has 100 valence electrons. The molecule has 0 aliphatic rings. The third-order valence-corrected chi connectivity index (χ3v) is 2.72. The van der Waals surface area contributed by atoms with Gasteiger partial charge in [-0.1, -0.05) is 26.0 Å². The van der Waals surface area contributed by atoms with E-state index in [-0.39, 0.29) is 5.91 Å². The summed E-state index contributed by atoms with van der Waals surface area (Å²) < 4.78 is 0. The highest BCUT2D eigenvalue weighted by Crippen LogP contribution is 2.05. The number of carbonyl (C=O) groups excluding carboxylic acids is 1. The smallest absolute Gasteiger partial charge is 0.243 e. The van der Waals surface area contributed by atoms with Crippen LogP contribution in [0.25, 0.3) is 6.08 Å². The van der Waals surface area contributed by atoms with Gasteiger partial charge in [0.2, 0.25) is 5.91 Å². The number of amides is 1. The Morgan fingerprint density at radius 3 is 2.63 bits per heavy atom. The van der Waals surface area contributed by atoms with Gasteiger partial charge in [-0.15, -0.1) is 0 Å². The van der Waals surface area contributed by atoms with Crippen LogP contribution in [0.2, 0.25) is 0 Å². The van der Waals surface area contributed by atoms with Crippen LogP contribution in [0.3, 0.4) is 0 Å². The third kappa shape index (κ3) is 6.42. The van der Waals surface area contributed by atoms with Gasteiger partial charge in [0.25, 0.3) is 0 Å². The zero-order valence-electron chi connectivity index (χ0n) is 11.5. The first-order valence-corrected chi connectivity index (χ1v) is 6.58. The van der Waals surface area contributed by atoms with Crippen molar-refractivity contribution in [1.29, 1.82) is 5.26 Å². The van der Waals surface area contributed by atoms with E-state index in [4.69, 9.17) is 5.26 Å². The van der Waals surface area contributed by atoms with Crippen LogP contribution in [-0.4, -0.2) is 12.5 Å². The summed E-state index contributed by atoms with van der Waals surface area (Å²) in [6.07, 6.45) is 5.41. The number of benzene rings is 1. The molecule has 0 aromatic heterocycles. The van der Waals surface area contributed by atoms with E-state index in [1.54, 1.807) is 18.2 Å². The van der Waals surface area contributed by atoms with E-state index in [2.05, 4.69) is 25.2 Å². The molecular weight excluding hydrogens is 236 g/mol. The number of rotatable bonds is 6. The average Bonchev–Trinajstić information content (AvgIpc) is 2.41. The molecule has 1 aromatic rings. The summed E-state index contributed by atoms with van der Waals surface area (Å²) in [5.74, 6) is 0.596. The second-order valence-electron chi connectivity index (χ2n) is 4.89. The minimum absolute atomic E-state index is 0.0758. The van der Waals surface area contributed by atoms with Crippen LogP contribution in [0.1, 0.15) is 37.8 Å². The zero-order valence-corrected chi connectivity index (χ0v) is 11.5. The van der Waals surface area contributed by atoms with E-state index in [0.717, 1.165) is 18.4 Å². The van der Waals surface area contributed by atoms with Crippen LogP contribution in [0.4, 0.5) is 0 Å². The fourth-order valence-electron chi connectivity index (χ4n) is 1.62. The molecule has 0 aliphatic carbocycles. The number of nitrogens with one attached hydrogen (secondary N) is 1. The molecule has 0 spiro atoms. The first-order chi connectivity index (χ1) is 9.11. The third-order valence-electron chi connectivity index (χ3n) is 2.72. The number of carbonyl (C=O) groups is 1. The maximum Gasteiger partial charge on any atom is 0.243 e. The minimum atomic E-state index is -0.0758. The lowest BCUT2D eigenvalue weighted by atomic mass is 10.1. The van der Waals surface area contributed by atoms with E-state index < -0.39 is 0 Å². The van der Waals surface area contributed by atoms with Crippen molar-refractivity contribution in [3.8, 4) is 6.07 Å². The highest BCUT2D eigenvalue weighted by Gasteiger charge is 1.97. The summed E-state index contributed by atoms with van der Waals surface area (Å²) in [5.41, 5.74) is 1.53. The highest BCUT2D eigenvalue weighted by molar-refractivity contribution is 5.91. The van der Waals surface area contributed by atoms with E-state index in [9.17, 15) is 4.79 Å². The van der Waals surface area contributed by atoms with E-state index in [1.807, 2.05) is 12.1 Å². The van der Waals surface area contributed by atoms with Gasteiger partial charge in [-0.05, 0) is 42.5 Å². The summed E-state index contributed by atoms with van der Waals surface area (Å²) in [6, 6.07) is 9.17. The van der Waals surface area contributed by atoms with Crippen molar-refractivity contribution >= 4 is 12.0 Å². The standard InChI is InChI=1S/C16H20N2O/c1-13(2)4-3-11-18-16(19)10-9-14-5-7-15(12-17)8-6-14/h5-10,13H,3-4,11H2,1-2H3,(H,18,19). The van der Waals surface area contributed by atoms with Crippen molar-refractivity contribution in [3.63, 3.8) is 0 Å². The molecule has 3 heteroatoms. The highest BCUT2D eigenvalue weighted by atomic mass is 16.1.